The molecule has 26 nitrogen and oxygen atoms in total. The predicted molar refractivity (Wildman–Crippen MR) is 400 cm³/mol. The van der Waals surface area contributed by atoms with Gasteiger partial charge in [0.25, 0.3) is 23.6 Å². The van der Waals surface area contributed by atoms with E-state index in [1.807, 2.05) is 66.7 Å². The number of carbonyl (C=O) groups is 10. The smallest absolute Gasteiger partial charge is 0.410 e. The minimum absolute atomic E-state index is 0.0312. The summed E-state index contributed by atoms with van der Waals surface area (Å²) in [7, 11) is 7.13. The number of hydrogen-bond acceptors (Lipinski definition) is 17. The fourth-order valence-electron chi connectivity index (χ4n) is 12.5. The monoisotopic (exact) mass is 1450 g/mol. The number of likely N-dealkylation sites (N-methyl/N-ethyl adjacent to an activating group) is 2. The van der Waals surface area contributed by atoms with Crippen LogP contribution >= 0.6 is 0 Å². The maximum atomic E-state index is 15.0. The lowest BCUT2D eigenvalue weighted by Crippen LogP contribution is -2.60. The van der Waals surface area contributed by atoms with Gasteiger partial charge in [-0.2, -0.15) is 10.5 Å². The summed E-state index contributed by atoms with van der Waals surface area (Å²) < 4.78 is 27.2. The number of carboxylic acid groups (broad SMARTS) is 1. The molecule has 3 N–H and O–H groups in total. The topological polar surface area (TPSA) is 328 Å². The molecule has 10 rings (SSSR count). The van der Waals surface area contributed by atoms with E-state index in [0.29, 0.717) is 28.3 Å². The van der Waals surface area contributed by atoms with E-state index in [0.717, 1.165) is 31.3 Å². The van der Waals surface area contributed by atoms with Crippen LogP contribution in [0.5, 0.6) is 11.5 Å². The van der Waals surface area contributed by atoms with Crippen LogP contribution in [0.1, 0.15) is 133 Å². The quantitative estimate of drug-likeness (QED) is 0.0597. The summed E-state index contributed by atoms with van der Waals surface area (Å²) >= 11 is 0. The van der Waals surface area contributed by atoms with Crippen molar-refractivity contribution in [1.82, 2.24) is 20.4 Å². The van der Waals surface area contributed by atoms with Gasteiger partial charge < -0.3 is 59.0 Å². The van der Waals surface area contributed by atoms with Crippen molar-refractivity contribution in [3.05, 3.63) is 202 Å². The second kappa shape index (κ2) is 32.4. The van der Waals surface area contributed by atoms with Crippen LogP contribution in [0.25, 0.3) is 21.5 Å². The van der Waals surface area contributed by atoms with E-state index < -0.39 is 107 Å². The number of nitrogens with zero attached hydrogens (tertiary/aromatic N) is 8. The number of rotatable bonds is 16. The summed E-state index contributed by atoms with van der Waals surface area (Å²) in [6, 6.07) is 40.3. The van der Waals surface area contributed by atoms with E-state index in [-0.39, 0.29) is 63.5 Å². The highest BCUT2D eigenvalue weighted by atomic mass is 16.6. The van der Waals surface area contributed by atoms with Crippen LogP contribution in [0.3, 0.4) is 0 Å². The number of nitrogens with one attached hydrogen (secondary N) is 2. The molecule has 2 aliphatic rings. The molecule has 0 unspecified atom stereocenters. The number of anilines is 4. The van der Waals surface area contributed by atoms with Crippen LogP contribution in [0.15, 0.2) is 158 Å². The van der Waals surface area contributed by atoms with Gasteiger partial charge in [0.05, 0.1) is 104 Å². The molecule has 6 atom stereocenters. The van der Waals surface area contributed by atoms with Crippen molar-refractivity contribution in [2.75, 3.05) is 55.0 Å². The third-order valence-electron chi connectivity index (χ3n) is 18.5. The van der Waals surface area contributed by atoms with Crippen LogP contribution < -0.4 is 39.7 Å². The van der Waals surface area contributed by atoms with Crippen LogP contribution in [-0.4, -0.2) is 157 Å². The molecular formula is C81H84N10O16. The van der Waals surface area contributed by atoms with Crippen LogP contribution in [-0.2, 0) is 46.5 Å². The van der Waals surface area contributed by atoms with Gasteiger partial charge in [-0.15, -0.1) is 0 Å². The lowest BCUT2D eigenvalue weighted by Gasteiger charge is -2.34. The van der Waals surface area contributed by atoms with Crippen molar-refractivity contribution in [2.45, 2.75) is 130 Å². The fourth-order valence-corrected chi connectivity index (χ4v) is 12.5. The van der Waals surface area contributed by atoms with E-state index in [1.54, 1.807) is 79.7 Å². The maximum absolute atomic E-state index is 15.0. The third kappa shape index (κ3) is 17.0. The van der Waals surface area contributed by atoms with Crippen LogP contribution in [0.2, 0.25) is 0 Å². The number of esters is 1. The molecule has 107 heavy (non-hydrogen) atoms. The van der Waals surface area contributed by atoms with Gasteiger partial charge >= 0.3 is 24.1 Å². The van der Waals surface area contributed by atoms with Gasteiger partial charge in [0.1, 0.15) is 46.9 Å². The van der Waals surface area contributed by atoms with Gasteiger partial charge in [0.2, 0.25) is 11.8 Å². The number of ether oxygens (including phenoxy) is 5. The summed E-state index contributed by atoms with van der Waals surface area (Å²) in [4.78, 5) is 144. The Morgan fingerprint density at radius 2 is 0.860 bits per heavy atom. The molecule has 2 heterocycles. The molecule has 2 aliphatic heterocycles. The van der Waals surface area contributed by atoms with Crippen LogP contribution in [0, 0.1) is 22.7 Å². The standard InChI is InChI=1S/C41H43N5O8.C40H41N5O8/c1-24-35(43-36(47)25(2)44(6)40(51)54-41(3,4)5)38(49)45(23-31-30-12-10-9-11-27(30)18-20-34(31)52-7)32-19-13-26(22-42)21-33(32)46(24)37(48)28-14-16-29(17-15-28)39(50)53-8;1-23-34(42-35(46)24(2)43(6)39(51)53-40(3,4)5)37(48)44(22-30-29-11-9-8-10-26(29)17-19-33(30)52-7)31-18-12-25(21-41)20-32(31)45(23)36(47)27-13-15-28(16-14-27)38(49)50/h9-21,24-25,35H,23H2,1-8H3,(H,43,47);8-20,23-24,34H,22H2,1-7H3,(H,42,46)(H,49,50)/t24-,25-,35-;23-,24-,34-/m00/s1. The zero-order valence-electron chi connectivity index (χ0n) is 62.0. The zero-order chi connectivity index (χ0) is 78.3. The second-order valence-corrected chi connectivity index (χ2v) is 27.7. The largest absolute Gasteiger partial charge is 0.496 e. The lowest BCUT2D eigenvalue weighted by atomic mass is 10.0. The highest BCUT2D eigenvalue weighted by molar-refractivity contribution is 6.16. The molecule has 0 saturated carbocycles. The molecular weight excluding hydrogens is 1370 g/mol. The Balaban J connectivity index is 0.000000247. The first-order valence-electron chi connectivity index (χ1n) is 34.2. The van der Waals surface area contributed by atoms with E-state index in [9.17, 15) is 58.8 Å². The van der Waals surface area contributed by atoms with Gasteiger partial charge in [-0.3, -0.25) is 38.6 Å². The highest BCUT2D eigenvalue weighted by Crippen LogP contribution is 2.43. The molecule has 0 radical (unpaired) electrons. The van der Waals surface area contributed by atoms with Crippen molar-refractivity contribution >= 4 is 104 Å². The first-order chi connectivity index (χ1) is 50.6. The number of carboxylic acids is 1. The molecule has 554 valence electrons. The molecule has 0 aromatic heterocycles. The first-order valence-corrected chi connectivity index (χ1v) is 34.2. The fraction of sp³-hybridized carbons (Fsp3) is 0.309. The van der Waals surface area contributed by atoms with E-state index >= 15 is 4.79 Å². The normalized spacial score (nSPS) is 16.1. The number of benzene rings is 8. The predicted octanol–water partition coefficient (Wildman–Crippen LogP) is 11.6. The van der Waals surface area contributed by atoms with E-state index in [1.165, 1.54) is 136 Å². The Morgan fingerprint density at radius 3 is 1.20 bits per heavy atom. The number of hydrogen-bond donors (Lipinski definition) is 3. The SMILES string of the molecule is COC(=O)c1ccc(C(=O)N2c3cc(C#N)ccc3N(Cc3c(OC)ccc4ccccc34)C(=O)[C@@H](NC(=O)[C@H](C)N(C)C(=O)OC(C)(C)C)[C@@H]2C)cc1.COc1ccc2ccccc2c1CN1C(=O)[C@@H](NC(=O)[C@H](C)N(C)C(=O)OC(C)(C)C)[C@H](C)N(C(=O)c2ccc(C(=O)O)cc2)c2cc(C#N)ccc21. The number of amides is 8. The molecule has 0 saturated heterocycles. The Bertz CT molecular complexity index is 4900. The molecule has 8 aromatic carbocycles. The number of nitriles is 2. The van der Waals surface area contributed by atoms with E-state index in [2.05, 4.69) is 22.8 Å². The average molecular weight is 1450 g/mol. The summed E-state index contributed by atoms with van der Waals surface area (Å²) in [6.07, 6.45) is -1.48. The summed E-state index contributed by atoms with van der Waals surface area (Å²) in [6.45, 7) is 16.3. The molecule has 0 bridgehead atoms. The summed E-state index contributed by atoms with van der Waals surface area (Å²) in [5, 5.41) is 38.4. The van der Waals surface area contributed by atoms with Crippen molar-refractivity contribution < 1.29 is 76.7 Å². The third-order valence-corrected chi connectivity index (χ3v) is 18.5. The minimum Gasteiger partial charge on any atom is -0.496 e. The Kier molecular flexibility index (Phi) is 23.7. The van der Waals surface area contributed by atoms with Crippen LogP contribution in [0.4, 0.5) is 32.3 Å². The molecule has 0 aliphatic carbocycles. The van der Waals surface area contributed by atoms with Crippen molar-refractivity contribution in [3.8, 4) is 23.6 Å². The van der Waals surface area contributed by atoms with Crippen molar-refractivity contribution in [3.63, 3.8) is 0 Å². The molecule has 26 heteroatoms. The minimum atomic E-state index is -1.38. The van der Waals surface area contributed by atoms with Crippen molar-refractivity contribution in [2.24, 2.45) is 0 Å². The van der Waals surface area contributed by atoms with Gasteiger partial charge in [-0.05, 0) is 188 Å². The number of fused-ring (bicyclic) bond motifs is 4. The highest BCUT2D eigenvalue weighted by Gasteiger charge is 2.46. The number of carbonyl (C=O) groups excluding carboxylic acids is 9. The number of aromatic carboxylic acids is 1. The maximum Gasteiger partial charge on any atom is 0.410 e. The van der Waals surface area contributed by atoms with E-state index in [4.69, 9.17) is 23.7 Å². The molecule has 0 spiro atoms. The van der Waals surface area contributed by atoms with Gasteiger partial charge in [0.15, 0.2) is 0 Å². The lowest BCUT2D eigenvalue weighted by molar-refractivity contribution is -0.130. The van der Waals surface area contributed by atoms with Gasteiger partial charge in [0, 0.05) is 36.3 Å². The molecule has 8 amide bonds. The summed E-state index contributed by atoms with van der Waals surface area (Å²) in [5.74, 6) is -4.40. The van der Waals surface area contributed by atoms with Gasteiger partial charge in [-0.25, -0.2) is 19.2 Å². The zero-order valence-corrected chi connectivity index (χ0v) is 62.0. The summed E-state index contributed by atoms with van der Waals surface area (Å²) in [5.41, 5.74) is 1.64. The molecule has 0 fully saturated rings. The van der Waals surface area contributed by atoms with Crippen molar-refractivity contribution in [1.29, 1.82) is 10.5 Å². The Labute approximate surface area is 619 Å². The van der Waals surface area contributed by atoms with Gasteiger partial charge in [-0.1, -0.05) is 60.7 Å². The molecule has 8 aromatic rings. The Morgan fingerprint density at radius 1 is 0.505 bits per heavy atom. The second-order valence-electron chi connectivity index (χ2n) is 27.7. The average Bonchev–Trinajstić information content (AvgIpc) is 1.64. The first kappa shape index (κ1) is 78.3. The number of methoxy groups -OCH3 is 3. The Hall–Kier alpha value is -12.8.